The summed E-state index contributed by atoms with van der Waals surface area (Å²) in [7, 11) is 0. The van der Waals surface area contributed by atoms with Crippen LogP contribution in [0.4, 0.5) is 0 Å². The van der Waals surface area contributed by atoms with Gasteiger partial charge in [-0.05, 0) is 44.7 Å². The molecule has 0 amide bonds. The molecule has 0 saturated carbocycles. The molecule has 0 bridgehead atoms. The fourth-order valence-corrected chi connectivity index (χ4v) is 4.37. The minimum Gasteiger partial charge on any atom is -0.0579 e. The molecule has 0 unspecified atom stereocenters. The van der Waals surface area contributed by atoms with Gasteiger partial charge in [-0.25, -0.2) is 0 Å². The molecule has 1 heteroatoms. The van der Waals surface area contributed by atoms with Crippen molar-refractivity contribution in [1.82, 2.24) is 0 Å². The summed E-state index contributed by atoms with van der Waals surface area (Å²) in [5, 5.41) is 0. The van der Waals surface area contributed by atoms with Gasteiger partial charge < -0.3 is 0 Å². The van der Waals surface area contributed by atoms with Crippen molar-refractivity contribution in [2.75, 3.05) is 0 Å². The molecule has 128 valence electrons. The first-order chi connectivity index (χ1) is 10.8. The first-order valence-electron chi connectivity index (χ1n) is 8.83. The lowest BCUT2D eigenvalue weighted by Gasteiger charge is -2.27. The quantitative estimate of drug-likeness (QED) is 0.445. The molecule has 2 aromatic rings. The van der Waals surface area contributed by atoms with Crippen molar-refractivity contribution in [2.24, 2.45) is 0 Å². The Labute approximate surface area is 155 Å². The number of benzene rings is 2. The van der Waals surface area contributed by atoms with Crippen LogP contribution in [-0.4, -0.2) is 0 Å². The van der Waals surface area contributed by atoms with Crippen LogP contribution in [0, 0.1) is 0 Å². The lowest BCUT2D eigenvalue weighted by Crippen LogP contribution is -2.19. The van der Waals surface area contributed by atoms with Crippen LogP contribution in [0.15, 0.2) is 34.8 Å². The Morgan fingerprint density at radius 2 is 1.29 bits per heavy atom. The first kappa shape index (κ1) is 17.7. The normalized spacial score (nSPS) is 16.0. The van der Waals surface area contributed by atoms with E-state index in [1.807, 2.05) is 0 Å². The molecule has 0 nitrogen and oxygen atoms in total. The molecule has 0 aromatic heterocycles. The molecule has 0 N–H and O–H groups in total. The van der Waals surface area contributed by atoms with E-state index in [-0.39, 0.29) is 16.2 Å². The van der Waals surface area contributed by atoms with Crippen LogP contribution in [0.25, 0.3) is 11.1 Å². The molecule has 24 heavy (non-hydrogen) atoms. The van der Waals surface area contributed by atoms with E-state index in [1.165, 1.54) is 37.9 Å². The van der Waals surface area contributed by atoms with E-state index in [9.17, 15) is 0 Å². The van der Waals surface area contributed by atoms with Crippen molar-refractivity contribution in [3.8, 4) is 11.1 Å². The zero-order valence-corrected chi connectivity index (χ0v) is 17.9. The predicted molar refractivity (Wildman–Crippen MR) is 109 cm³/mol. The standard InChI is InChI=1S/C23H29Br/c1-21(2,3)14-9-10-16-17(11-14)23(7,8)18-12-15(22(4,5)6)13-19(24)20(16)18/h9-13H,1-8H3. The number of fused-ring (bicyclic) bond motifs is 3. The third kappa shape index (κ3) is 2.65. The monoisotopic (exact) mass is 384 g/mol. The zero-order chi connectivity index (χ0) is 18.1. The maximum absolute atomic E-state index is 3.87. The fraction of sp³-hybridized carbons (Fsp3) is 0.478. The maximum Gasteiger partial charge on any atom is 0.0259 e. The Morgan fingerprint density at radius 3 is 1.83 bits per heavy atom. The number of hydrogen-bond acceptors (Lipinski definition) is 0. The van der Waals surface area contributed by atoms with Gasteiger partial charge in [0, 0.05) is 15.5 Å². The molecular weight excluding hydrogens is 356 g/mol. The highest BCUT2D eigenvalue weighted by Crippen LogP contribution is 2.53. The van der Waals surface area contributed by atoms with Crippen LogP contribution >= 0.6 is 15.9 Å². The van der Waals surface area contributed by atoms with Gasteiger partial charge in [-0.3, -0.25) is 0 Å². The largest absolute Gasteiger partial charge is 0.0579 e. The van der Waals surface area contributed by atoms with E-state index in [1.54, 1.807) is 0 Å². The summed E-state index contributed by atoms with van der Waals surface area (Å²) in [4.78, 5) is 0. The minimum absolute atomic E-state index is 0.0374. The van der Waals surface area contributed by atoms with Gasteiger partial charge in [0.25, 0.3) is 0 Å². The third-order valence-corrected chi connectivity index (χ3v) is 6.08. The topological polar surface area (TPSA) is 0 Å². The molecule has 0 heterocycles. The van der Waals surface area contributed by atoms with Crippen LogP contribution in [0.1, 0.15) is 77.6 Å². The SMILES string of the molecule is CC(C)(C)c1ccc2c(c1)C(C)(C)c1cc(C(C)(C)C)cc(Br)c1-2. The lowest BCUT2D eigenvalue weighted by atomic mass is 9.77. The Kier molecular flexibility index (Phi) is 3.85. The average molecular weight is 385 g/mol. The third-order valence-electron chi connectivity index (χ3n) is 5.46. The molecule has 2 aromatic carbocycles. The molecule has 0 fully saturated rings. The molecule has 1 aliphatic rings. The van der Waals surface area contributed by atoms with Crippen LogP contribution in [0.3, 0.4) is 0 Å². The van der Waals surface area contributed by atoms with Crippen LogP contribution < -0.4 is 0 Å². The van der Waals surface area contributed by atoms with Crippen LogP contribution in [0.5, 0.6) is 0 Å². The second-order valence-electron chi connectivity index (χ2n) is 9.77. The predicted octanol–water partition coefficient (Wildman–Crippen LogP) is 7.35. The van der Waals surface area contributed by atoms with E-state index in [2.05, 4.69) is 102 Å². The van der Waals surface area contributed by atoms with E-state index in [0.717, 1.165) is 0 Å². The van der Waals surface area contributed by atoms with Gasteiger partial charge in [-0.2, -0.15) is 0 Å². The Bertz CT molecular complexity index is 811. The maximum atomic E-state index is 3.87. The lowest BCUT2D eigenvalue weighted by molar-refractivity contribution is 0.580. The van der Waals surface area contributed by atoms with Gasteiger partial charge in [-0.1, -0.05) is 95.6 Å². The second-order valence-corrected chi connectivity index (χ2v) is 10.6. The molecular formula is C23H29Br. The summed E-state index contributed by atoms with van der Waals surface area (Å²) in [6.45, 7) is 18.5. The molecule has 0 spiro atoms. The van der Waals surface area contributed by atoms with E-state index < -0.39 is 0 Å². The summed E-state index contributed by atoms with van der Waals surface area (Å²) in [6, 6.07) is 11.8. The van der Waals surface area contributed by atoms with Gasteiger partial charge in [0.1, 0.15) is 0 Å². The van der Waals surface area contributed by atoms with E-state index >= 15 is 0 Å². The van der Waals surface area contributed by atoms with Gasteiger partial charge in [0.05, 0.1) is 0 Å². The molecule has 3 rings (SSSR count). The van der Waals surface area contributed by atoms with Crippen molar-refractivity contribution >= 4 is 15.9 Å². The van der Waals surface area contributed by atoms with Crippen molar-refractivity contribution in [2.45, 2.75) is 71.6 Å². The minimum atomic E-state index is 0.0374. The zero-order valence-electron chi connectivity index (χ0n) is 16.3. The van der Waals surface area contributed by atoms with Crippen LogP contribution in [0.2, 0.25) is 0 Å². The fourth-order valence-electron chi connectivity index (χ4n) is 3.70. The molecule has 1 aliphatic carbocycles. The Balaban J connectivity index is 2.29. The number of rotatable bonds is 0. The van der Waals surface area contributed by atoms with Crippen molar-refractivity contribution in [3.05, 3.63) is 57.1 Å². The van der Waals surface area contributed by atoms with E-state index in [4.69, 9.17) is 0 Å². The Morgan fingerprint density at radius 1 is 0.750 bits per heavy atom. The highest BCUT2D eigenvalue weighted by atomic mass is 79.9. The van der Waals surface area contributed by atoms with Crippen molar-refractivity contribution in [1.29, 1.82) is 0 Å². The summed E-state index contributed by atoms with van der Waals surface area (Å²) in [5.41, 5.74) is 8.83. The molecule has 0 radical (unpaired) electrons. The van der Waals surface area contributed by atoms with Crippen LogP contribution in [-0.2, 0) is 16.2 Å². The number of hydrogen-bond donors (Lipinski definition) is 0. The molecule has 0 atom stereocenters. The van der Waals surface area contributed by atoms with E-state index in [0.29, 0.717) is 0 Å². The van der Waals surface area contributed by atoms with Gasteiger partial charge in [-0.15, -0.1) is 0 Å². The average Bonchev–Trinajstić information content (AvgIpc) is 2.66. The Hall–Kier alpha value is -1.08. The first-order valence-corrected chi connectivity index (χ1v) is 9.62. The highest BCUT2D eigenvalue weighted by Gasteiger charge is 2.38. The number of halogens is 1. The summed E-state index contributed by atoms with van der Waals surface area (Å²) in [5.74, 6) is 0. The summed E-state index contributed by atoms with van der Waals surface area (Å²) >= 11 is 3.87. The summed E-state index contributed by atoms with van der Waals surface area (Å²) < 4.78 is 1.22. The smallest absolute Gasteiger partial charge is 0.0259 e. The second kappa shape index (κ2) is 5.21. The molecule has 0 aliphatic heterocycles. The van der Waals surface area contributed by atoms with Crippen molar-refractivity contribution < 1.29 is 0 Å². The summed E-state index contributed by atoms with van der Waals surface area (Å²) in [6.07, 6.45) is 0. The molecule has 0 saturated heterocycles. The van der Waals surface area contributed by atoms with Gasteiger partial charge in [0.15, 0.2) is 0 Å². The highest BCUT2D eigenvalue weighted by molar-refractivity contribution is 9.10. The van der Waals surface area contributed by atoms with Gasteiger partial charge in [0.2, 0.25) is 0 Å². The van der Waals surface area contributed by atoms with Gasteiger partial charge >= 0.3 is 0 Å². The van der Waals surface area contributed by atoms with Crippen molar-refractivity contribution in [3.63, 3.8) is 0 Å².